The van der Waals surface area contributed by atoms with Crippen LogP contribution in [0.3, 0.4) is 0 Å². The summed E-state index contributed by atoms with van der Waals surface area (Å²) in [5, 5.41) is 2.87. The van der Waals surface area contributed by atoms with Gasteiger partial charge < -0.3 is 5.32 Å². The van der Waals surface area contributed by atoms with Gasteiger partial charge in [-0.1, -0.05) is 24.3 Å². The summed E-state index contributed by atoms with van der Waals surface area (Å²) in [7, 11) is 1.97. The van der Waals surface area contributed by atoms with Gasteiger partial charge in [-0.3, -0.25) is 9.69 Å². The number of nitrogens with one attached hydrogen (secondary N) is 1. The Hall–Kier alpha value is -2.41. The topological polar surface area (TPSA) is 58.1 Å². The van der Waals surface area contributed by atoms with Crippen LogP contribution in [0.1, 0.15) is 39.8 Å². The Balaban J connectivity index is 1.82. The molecule has 120 valence electrons. The van der Waals surface area contributed by atoms with E-state index in [0.29, 0.717) is 6.54 Å². The number of carbonyl (C=O) groups is 1. The second kappa shape index (κ2) is 6.37. The third-order valence-corrected chi connectivity index (χ3v) is 3.81. The van der Waals surface area contributed by atoms with Crippen LogP contribution in [0.4, 0.5) is 8.78 Å². The molecule has 1 aromatic heterocycles. The fourth-order valence-corrected chi connectivity index (χ4v) is 2.75. The minimum atomic E-state index is -2.73. The molecule has 2 aromatic rings. The number of alkyl halides is 2. The Morgan fingerprint density at radius 1 is 1.35 bits per heavy atom. The summed E-state index contributed by atoms with van der Waals surface area (Å²) in [6.07, 6.45) is -1.75. The smallest absolute Gasteiger partial charge is 0.280 e. The van der Waals surface area contributed by atoms with Gasteiger partial charge in [0.05, 0.1) is 6.04 Å². The van der Waals surface area contributed by atoms with Crippen LogP contribution in [0.5, 0.6) is 0 Å². The number of likely N-dealkylation sites (N-methyl/N-ethyl adjacent to an activating group) is 1. The van der Waals surface area contributed by atoms with Crippen LogP contribution in [0, 0.1) is 0 Å². The van der Waals surface area contributed by atoms with Crippen LogP contribution in [-0.2, 0) is 6.54 Å². The number of carbonyl (C=O) groups excluding carboxylic acids is 1. The van der Waals surface area contributed by atoms with Crippen molar-refractivity contribution in [3.05, 3.63) is 59.2 Å². The number of amides is 1. The van der Waals surface area contributed by atoms with Gasteiger partial charge >= 0.3 is 0 Å². The molecule has 7 heteroatoms. The molecule has 1 amide bonds. The molecule has 0 saturated carbocycles. The van der Waals surface area contributed by atoms with Crippen molar-refractivity contribution >= 4 is 5.91 Å². The van der Waals surface area contributed by atoms with Crippen LogP contribution in [-0.4, -0.2) is 34.4 Å². The van der Waals surface area contributed by atoms with Gasteiger partial charge in [0, 0.05) is 13.1 Å². The summed E-state index contributed by atoms with van der Waals surface area (Å²) in [6, 6.07) is 8.68. The molecule has 0 spiro atoms. The van der Waals surface area contributed by atoms with Crippen LogP contribution >= 0.6 is 0 Å². The summed E-state index contributed by atoms with van der Waals surface area (Å²) in [5.74, 6) is -0.482. The minimum Gasteiger partial charge on any atom is -0.343 e. The van der Waals surface area contributed by atoms with Crippen molar-refractivity contribution in [2.45, 2.75) is 19.0 Å². The number of aromatic nitrogens is 2. The number of hydrogen-bond donors (Lipinski definition) is 1. The van der Waals surface area contributed by atoms with Crippen molar-refractivity contribution in [3.8, 4) is 0 Å². The predicted molar refractivity (Wildman–Crippen MR) is 80.0 cm³/mol. The number of fused-ring (bicyclic) bond motifs is 1. The number of rotatable bonds is 3. The van der Waals surface area contributed by atoms with Gasteiger partial charge in [0.25, 0.3) is 12.3 Å². The number of benzene rings is 1. The first-order valence-corrected chi connectivity index (χ1v) is 7.22. The van der Waals surface area contributed by atoms with E-state index in [0.717, 1.165) is 30.1 Å². The maximum Gasteiger partial charge on any atom is 0.280 e. The lowest BCUT2D eigenvalue weighted by atomic mass is 9.95. The third-order valence-electron chi connectivity index (χ3n) is 3.81. The van der Waals surface area contributed by atoms with Crippen molar-refractivity contribution < 1.29 is 13.6 Å². The fraction of sp³-hybridized carbons (Fsp3) is 0.312. The van der Waals surface area contributed by atoms with E-state index >= 15 is 0 Å². The summed E-state index contributed by atoms with van der Waals surface area (Å²) in [6.45, 7) is 1.46. The summed E-state index contributed by atoms with van der Waals surface area (Å²) in [5.41, 5.74) is 1.68. The Morgan fingerprint density at radius 3 is 2.91 bits per heavy atom. The molecule has 5 nitrogen and oxygen atoms in total. The van der Waals surface area contributed by atoms with Gasteiger partial charge in [0.1, 0.15) is 17.7 Å². The second-order valence-electron chi connectivity index (χ2n) is 5.55. The van der Waals surface area contributed by atoms with E-state index in [1.807, 2.05) is 31.3 Å². The van der Waals surface area contributed by atoms with E-state index in [9.17, 15) is 13.6 Å². The Kier molecular flexibility index (Phi) is 4.29. The lowest BCUT2D eigenvalue weighted by Gasteiger charge is -2.32. The van der Waals surface area contributed by atoms with E-state index in [4.69, 9.17) is 0 Å². The van der Waals surface area contributed by atoms with Gasteiger partial charge in [-0.15, -0.1) is 0 Å². The molecule has 0 radical (unpaired) electrons. The molecular formula is C16H16F2N4O. The molecule has 2 heterocycles. The highest BCUT2D eigenvalue weighted by molar-refractivity contribution is 5.92. The van der Waals surface area contributed by atoms with Gasteiger partial charge in [-0.25, -0.2) is 18.7 Å². The zero-order valence-electron chi connectivity index (χ0n) is 12.5. The van der Waals surface area contributed by atoms with Gasteiger partial charge in [0.15, 0.2) is 0 Å². The van der Waals surface area contributed by atoms with E-state index in [-0.39, 0.29) is 11.7 Å². The Morgan fingerprint density at radius 2 is 2.13 bits per heavy atom. The number of halogens is 2. The molecule has 1 unspecified atom stereocenters. The van der Waals surface area contributed by atoms with Crippen molar-refractivity contribution in [1.29, 1.82) is 0 Å². The minimum absolute atomic E-state index is 0.0546. The monoisotopic (exact) mass is 318 g/mol. The quantitative estimate of drug-likeness (QED) is 0.944. The van der Waals surface area contributed by atoms with Gasteiger partial charge in [-0.2, -0.15) is 0 Å². The Bertz CT molecular complexity index is 723. The van der Waals surface area contributed by atoms with E-state index in [1.54, 1.807) is 0 Å². The molecule has 1 aliphatic rings. The average molecular weight is 318 g/mol. The molecule has 0 bridgehead atoms. The molecule has 0 fully saturated rings. The molecule has 0 aliphatic carbocycles. The van der Waals surface area contributed by atoms with Gasteiger partial charge in [-0.05, 0) is 24.2 Å². The molecule has 1 atom stereocenters. The van der Waals surface area contributed by atoms with Crippen molar-refractivity contribution in [2.75, 3.05) is 13.6 Å². The van der Waals surface area contributed by atoms with Gasteiger partial charge in [0.2, 0.25) is 0 Å². The van der Waals surface area contributed by atoms with E-state index in [2.05, 4.69) is 20.2 Å². The highest BCUT2D eigenvalue weighted by atomic mass is 19.3. The number of hydrogen-bond acceptors (Lipinski definition) is 4. The molecule has 1 aliphatic heterocycles. The predicted octanol–water partition coefficient (Wildman–Crippen LogP) is 2.33. The number of nitrogens with zero attached hydrogens (tertiary/aromatic N) is 3. The zero-order chi connectivity index (χ0) is 16.4. The Labute approximate surface area is 132 Å². The molecule has 1 N–H and O–H groups in total. The maximum atomic E-state index is 12.7. The fourth-order valence-electron chi connectivity index (χ4n) is 2.75. The molecule has 23 heavy (non-hydrogen) atoms. The molecular weight excluding hydrogens is 302 g/mol. The van der Waals surface area contributed by atoms with E-state index in [1.165, 1.54) is 0 Å². The largest absolute Gasteiger partial charge is 0.343 e. The average Bonchev–Trinajstić information content (AvgIpc) is 2.54. The SMILES string of the molecule is CN1Cc2ccccc2C(NC(=O)c2cc(C(F)F)ncn2)C1. The molecule has 3 rings (SSSR count). The second-order valence-corrected chi connectivity index (χ2v) is 5.55. The van der Waals surface area contributed by atoms with Crippen LogP contribution in [0.25, 0.3) is 0 Å². The van der Waals surface area contributed by atoms with E-state index < -0.39 is 18.0 Å². The first-order chi connectivity index (χ1) is 11.0. The van der Waals surface area contributed by atoms with Crippen LogP contribution in [0.2, 0.25) is 0 Å². The summed E-state index contributed by atoms with van der Waals surface area (Å²) >= 11 is 0. The van der Waals surface area contributed by atoms with Crippen LogP contribution < -0.4 is 5.32 Å². The first-order valence-electron chi connectivity index (χ1n) is 7.22. The zero-order valence-corrected chi connectivity index (χ0v) is 12.5. The lowest BCUT2D eigenvalue weighted by Crippen LogP contribution is -2.40. The van der Waals surface area contributed by atoms with Crippen molar-refractivity contribution in [3.63, 3.8) is 0 Å². The lowest BCUT2D eigenvalue weighted by molar-refractivity contribution is 0.0915. The van der Waals surface area contributed by atoms with Crippen LogP contribution in [0.15, 0.2) is 36.7 Å². The molecule has 1 aromatic carbocycles. The normalized spacial score (nSPS) is 17.8. The summed E-state index contributed by atoms with van der Waals surface area (Å²) < 4.78 is 25.4. The maximum absolute atomic E-state index is 12.7. The highest BCUT2D eigenvalue weighted by Gasteiger charge is 2.25. The van der Waals surface area contributed by atoms with Crippen molar-refractivity contribution in [1.82, 2.24) is 20.2 Å². The highest BCUT2D eigenvalue weighted by Crippen LogP contribution is 2.25. The third kappa shape index (κ3) is 3.34. The first kappa shape index (κ1) is 15.5. The molecule has 0 saturated heterocycles. The van der Waals surface area contributed by atoms with Crippen molar-refractivity contribution in [2.24, 2.45) is 0 Å². The standard InChI is InChI=1S/C16H16F2N4O/c1-22-7-10-4-2-3-5-11(10)14(8-22)21-16(23)13-6-12(15(17)18)19-9-20-13/h2-6,9,14-15H,7-8H2,1H3,(H,21,23). The summed E-state index contributed by atoms with van der Waals surface area (Å²) in [4.78, 5) is 21.7.